The summed E-state index contributed by atoms with van der Waals surface area (Å²) in [4.78, 5) is 0. The van der Waals surface area contributed by atoms with Gasteiger partial charge >= 0.3 is 159 Å². The largest absolute Gasteiger partial charge is 2.00 e. The van der Waals surface area contributed by atoms with Crippen molar-refractivity contribution in [3.05, 3.63) is 176 Å². The summed E-state index contributed by atoms with van der Waals surface area (Å²) in [6.45, 7) is 11.8. The Labute approximate surface area is 479 Å². The van der Waals surface area contributed by atoms with Gasteiger partial charge in [-0.3, -0.25) is 0 Å². The summed E-state index contributed by atoms with van der Waals surface area (Å²) >= 11 is -3.28. The number of phenols is 4. The first kappa shape index (κ1) is 71.8. The summed E-state index contributed by atoms with van der Waals surface area (Å²) < 4.78 is 0. The fourth-order valence-electron chi connectivity index (χ4n) is 5.73. The summed E-state index contributed by atoms with van der Waals surface area (Å²) in [7, 11) is 45.1. The molecule has 6 nitrogen and oxygen atoms in total. The van der Waals surface area contributed by atoms with Crippen LogP contribution in [0.1, 0.15) is 66.8 Å². The number of phenolic OH excluding ortho intramolecular Hbond substituents is 4. The molecule has 0 heterocycles. The van der Waals surface area contributed by atoms with E-state index in [2.05, 4.69) is 0 Å². The van der Waals surface area contributed by atoms with Crippen molar-refractivity contribution >= 4 is 140 Å². The second kappa shape index (κ2) is 30.6. The summed E-state index contributed by atoms with van der Waals surface area (Å²) in [5, 5.41) is 62.4. The predicted octanol–water partition coefficient (Wildman–Crippen LogP) is 8.79. The van der Waals surface area contributed by atoms with Crippen LogP contribution in [0.2, 0.25) is 0 Å². The van der Waals surface area contributed by atoms with Crippen molar-refractivity contribution in [1.82, 2.24) is 0 Å². The molecule has 0 amide bonds. The molecule has 0 aliphatic carbocycles. The molecule has 0 unspecified atom stereocenters. The maximum absolute atomic E-state index is 11.7. The van der Waals surface area contributed by atoms with E-state index in [9.17, 15) is 30.6 Å². The fourth-order valence-corrected chi connectivity index (χ4v) is 5.73. The molecule has 0 aromatic heterocycles. The normalized spacial score (nSPS) is 11.5. The second-order valence-electron chi connectivity index (χ2n) is 14.5. The average Bonchev–Trinajstić information content (AvgIpc) is 3.13. The molecule has 22 heteroatoms. The number of hydrogen-bond acceptors (Lipinski definition) is 6. The van der Waals surface area contributed by atoms with E-state index in [1.165, 1.54) is 0 Å². The molecule has 6 aromatic rings. The van der Waals surface area contributed by atoms with Crippen molar-refractivity contribution in [2.75, 3.05) is 0 Å². The van der Waals surface area contributed by atoms with E-state index in [1.54, 1.807) is 48.5 Å². The van der Waals surface area contributed by atoms with Crippen molar-refractivity contribution in [2.24, 2.45) is 0 Å². The molecule has 6 rings (SSSR count). The Kier molecular flexibility index (Phi) is 32.8. The number of aromatic hydroxyl groups is 4. The van der Waals surface area contributed by atoms with Gasteiger partial charge in [0.05, 0.1) is 0 Å². The number of halogens is 12. The molecule has 0 spiro atoms. The van der Waals surface area contributed by atoms with Crippen molar-refractivity contribution in [1.29, 1.82) is 0 Å². The van der Waals surface area contributed by atoms with Crippen LogP contribution < -0.4 is 35.0 Å². The third-order valence-electron chi connectivity index (χ3n) is 8.51. The van der Waals surface area contributed by atoms with Crippen molar-refractivity contribution in [2.45, 2.75) is 60.8 Å². The van der Waals surface area contributed by atoms with Crippen LogP contribution >= 0.6 is 94.2 Å². The minimum Gasteiger partial charge on any atom is 2.00 e. The van der Waals surface area contributed by atoms with Gasteiger partial charge in [0.15, 0.2) is 0 Å². The number of rotatable bonds is 6. The van der Waals surface area contributed by atoms with Crippen LogP contribution in [-0.4, -0.2) is 66.5 Å². The van der Waals surface area contributed by atoms with Crippen LogP contribution in [0.3, 0.4) is 0 Å². The van der Waals surface area contributed by atoms with Gasteiger partial charge in [-0.15, -0.1) is 11.5 Å². The monoisotopic (exact) mass is 1520 g/mol. The van der Waals surface area contributed by atoms with Crippen molar-refractivity contribution in [3.8, 4) is 34.5 Å². The molecule has 0 saturated heterocycles. The molecular formula is C45H46Cl12Mg2O6W2. The third-order valence-corrected chi connectivity index (χ3v) is 8.51. The molecule has 0 aliphatic heterocycles. The van der Waals surface area contributed by atoms with E-state index >= 15 is 0 Å². The van der Waals surface area contributed by atoms with E-state index in [4.69, 9.17) is 94.2 Å². The van der Waals surface area contributed by atoms with E-state index in [-0.39, 0.29) is 105 Å². The molecule has 362 valence electrons. The molecule has 0 radical (unpaired) electrons. The fraction of sp³-hybridized carbons (Fsp3) is 0.200. The average molecular weight is 1520 g/mol. The molecule has 0 fully saturated rings. The maximum Gasteiger partial charge on any atom is 2.00 e. The minimum absolute atomic E-state index is 0. The molecule has 0 saturated carbocycles. The summed E-state index contributed by atoms with van der Waals surface area (Å²) in [5.41, 5.74) is 11.2. The van der Waals surface area contributed by atoms with Crippen molar-refractivity contribution in [3.63, 3.8) is 0 Å². The van der Waals surface area contributed by atoms with Gasteiger partial charge in [0.2, 0.25) is 0 Å². The number of benzene rings is 6. The van der Waals surface area contributed by atoms with Crippen LogP contribution in [0.5, 0.6) is 34.5 Å². The van der Waals surface area contributed by atoms with E-state index in [0.717, 1.165) is 55.6 Å². The smallest absolute Gasteiger partial charge is 2.00 e. The molecule has 6 aromatic carbocycles. The Balaban J connectivity index is -0.000000796. The Morgan fingerprint density at radius 2 is 0.522 bits per heavy atom. The number of hydrogen-bond donors (Lipinski definition) is 4. The maximum atomic E-state index is 11.7. The van der Waals surface area contributed by atoms with E-state index < -0.39 is 19.2 Å². The van der Waals surface area contributed by atoms with E-state index in [1.807, 2.05) is 102 Å². The first-order valence-corrected chi connectivity index (χ1v) is 54.7. The predicted molar refractivity (Wildman–Crippen MR) is 271 cm³/mol. The van der Waals surface area contributed by atoms with Gasteiger partial charge in [0.1, 0.15) is 23.0 Å². The first-order valence-electron chi connectivity index (χ1n) is 18.4. The summed E-state index contributed by atoms with van der Waals surface area (Å²) in [6, 6.07) is 32.4. The van der Waals surface area contributed by atoms with Gasteiger partial charge in [-0.05, 0) is 94.5 Å². The zero-order valence-corrected chi connectivity index (χ0v) is 54.7. The standard InChI is InChI=1S/3C15H16O2.12ClH.2Mg.2W/c3*1-10-3-5-14(16)12(7-10)9-13-8-11(2)4-6-15(13)17;;;;;;;;;;;;;;;;/h3*3-8,16-17H,9H2,1-2H3;12*1H;;;;/q;;;;;;;;;;;;;;;2*+2;+4;+6/p-14. The van der Waals surface area contributed by atoms with Crippen molar-refractivity contribution < 1.29 is 74.7 Å². The van der Waals surface area contributed by atoms with Gasteiger partial charge in [-0.2, -0.15) is 0 Å². The van der Waals surface area contributed by atoms with Gasteiger partial charge < -0.3 is 55.5 Å². The number of aryl methyl sites for hydroxylation is 6. The molecule has 0 bridgehead atoms. The summed E-state index contributed by atoms with van der Waals surface area (Å²) in [6.07, 6.45) is 1.50. The van der Waals surface area contributed by atoms with Gasteiger partial charge in [-0.1, -0.05) is 129 Å². The molecule has 67 heavy (non-hydrogen) atoms. The zero-order valence-electron chi connectivity index (χ0n) is 36.9. The Bertz CT molecular complexity index is 2090. The Hall–Kier alpha value is 0.509. The summed E-state index contributed by atoms with van der Waals surface area (Å²) in [5.74, 6) is 1.09. The first-order chi connectivity index (χ1) is 28.6. The molecule has 0 atom stereocenters. The minimum atomic E-state index is -5.47. The van der Waals surface area contributed by atoms with Gasteiger partial charge in [-0.25, -0.2) is 0 Å². The van der Waals surface area contributed by atoms with Gasteiger partial charge in [0.25, 0.3) is 0 Å². The van der Waals surface area contributed by atoms with Crippen LogP contribution in [0.15, 0.2) is 109 Å². The Morgan fingerprint density at radius 1 is 0.373 bits per heavy atom. The molecular weight excluding hydrogens is 1480 g/mol. The second-order valence-corrected chi connectivity index (χ2v) is 104. The van der Waals surface area contributed by atoms with Crippen LogP contribution in [-0.2, 0) is 38.5 Å². The van der Waals surface area contributed by atoms with E-state index in [0.29, 0.717) is 30.4 Å². The quantitative estimate of drug-likeness (QED) is 0.124. The third kappa shape index (κ3) is 33.8. The molecule has 0 aliphatic rings. The Morgan fingerprint density at radius 3 is 0.716 bits per heavy atom. The van der Waals surface area contributed by atoms with Crippen LogP contribution in [0.4, 0.5) is 0 Å². The zero-order chi connectivity index (χ0) is 48.1. The molecule has 4 N–H and O–H groups in total. The SMILES string of the molecule is Cc1ccc(O)c(Cc2cc(C)ccc2O)c1.Cc1ccc(O)c(Cc2cc(C)ccc2O)c1.Cc1ccc([O-])c(Cc2cc(C)ccc2[O-])c1.[Cl-].[Cl-].[Cl][W]([Cl])([Cl])([Cl])([Cl])[Cl].[Cl][W]([Cl])([Cl])[Cl].[Mg+2].[Mg+2]. The topological polar surface area (TPSA) is 127 Å². The van der Waals surface area contributed by atoms with Crippen LogP contribution in [0.25, 0.3) is 0 Å². The van der Waals surface area contributed by atoms with Crippen LogP contribution in [0, 0.1) is 41.5 Å². The van der Waals surface area contributed by atoms with Gasteiger partial charge in [0, 0.05) is 12.8 Å².